The maximum atomic E-state index is 9.59. The van der Waals surface area contributed by atoms with Crippen LogP contribution in [0, 0.1) is 11.3 Å². The lowest BCUT2D eigenvalue weighted by Gasteiger charge is -2.16. The smallest absolute Gasteiger partial charge is 0.138 e. The third-order valence-electron chi connectivity index (χ3n) is 2.07. The second-order valence-electron chi connectivity index (χ2n) is 3.12. The number of rotatable bonds is 2. The Morgan fingerprint density at radius 2 is 2.14 bits per heavy atom. The van der Waals surface area contributed by atoms with Crippen molar-refractivity contribution >= 4 is 0 Å². The molecule has 2 atom stereocenters. The van der Waals surface area contributed by atoms with Gasteiger partial charge in [-0.15, -0.1) is 0 Å². The molecule has 0 amide bonds. The highest BCUT2D eigenvalue weighted by Gasteiger charge is 2.17. The Bertz CT molecular complexity index is 369. The molecule has 1 aromatic rings. The summed E-state index contributed by atoms with van der Waals surface area (Å²) in [7, 11) is 0. The Morgan fingerprint density at radius 1 is 1.50 bits per heavy atom. The third-order valence-corrected chi connectivity index (χ3v) is 2.07. The zero-order valence-corrected chi connectivity index (χ0v) is 7.81. The quantitative estimate of drug-likeness (QED) is 0.641. The fourth-order valence-corrected chi connectivity index (χ4v) is 1.18. The summed E-state index contributed by atoms with van der Waals surface area (Å²) in [5.41, 5.74) is 6.20. The lowest BCUT2D eigenvalue weighted by atomic mass is 10.00. The summed E-state index contributed by atoms with van der Waals surface area (Å²) < 4.78 is 0. The topological polar surface area (TPSA) is 90.3 Å². The molecule has 0 radical (unpaired) electrons. The van der Waals surface area contributed by atoms with E-state index in [0.29, 0.717) is 5.56 Å². The van der Waals surface area contributed by atoms with Crippen LogP contribution in [0.15, 0.2) is 18.2 Å². The molecule has 0 saturated carbocycles. The molecule has 0 aliphatic rings. The van der Waals surface area contributed by atoms with Crippen LogP contribution in [-0.4, -0.2) is 16.3 Å². The molecule has 0 aromatic heterocycles. The van der Waals surface area contributed by atoms with Crippen molar-refractivity contribution in [2.24, 2.45) is 5.73 Å². The van der Waals surface area contributed by atoms with Gasteiger partial charge in [-0.05, 0) is 13.0 Å². The Morgan fingerprint density at radius 3 is 2.64 bits per heavy atom. The van der Waals surface area contributed by atoms with E-state index in [1.165, 1.54) is 13.0 Å². The number of nitrogens with zero attached hydrogens (tertiary/aromatic N) is 1. The van der Waals surface area contributed by atoms with Crippen molar-refractivity contribution in [3.63, 3.8) is 0 Å². The minimum atomic E-state index is -0.769. The first-order chi connectivity index (χ1) is 6.57. The van der Waals surface area contributed by atoms with Crippen LogP contribution in [0.5, 0.6) is 5.75 Å². The number of benzene rings is 1. The normalized spacial score (nSPS) is 14.4. The van der Waals surface area contributed by atoms with E-state index >= 15 is 0 Å². The molecule has 74 valence electrons. The van der Waals surface area contributed by atoms with Crippen molar-refractivity contribution in [1.82, 2.24) is 0 Å². The van der Waals surface area contributed by atoms with Gasteiger partial charge in [-0.2, -0.15) is 5.26 Å². The molecule has 4 heteroatoms. The van der Waals surface area contributed by atoms with Crippen LogP contribution in [0.2, 0.25) is 0 Å². The molecule has 0 fully saturated rings. The average molecular weight is 192 g/mol. The zero-order chi connectivity index (χ0) is 10.7. The molecular formula is C10H12N2O2. The van der Waals surface area contributed by atoms with Gasteiger partial charge >= 0.3 is 0 Å². The first-order valence-electron chi connectivity index (χ1n) is 4.23. The van der Waals surface area contributed by atoms with Gasteiger partial charge in [0.15, 0.2) is 0 Å². The highest BCUT2D eigenvalue weighted by Crippen LogP contribution is 2.27. The summed E-state index contributed by atoms with van der Waals surface area (Å²) in [6, 6.07) is 5.87. The van der Waals surface area contributed by atoms with Crippen molar-refractivity contribution in [3.05, 3.63) is 29.3 Å². The number of nitriles is 1. The molecule has 0 heterocycles. The van der Waals surface area contributed by atoms with Crippen LogP contribution >= 0.6 is 0 Å². The monoisotopic (exact) mass is 192 g/mol. The minimum Gasteiger partial charge on any atom is -0.506 e. The van der Waals surface area contributed by atoms with Crippen molar-refractivity contribution in [3.8, 4) is 11.8 Å². The Labute approximate surface area is 82.2 Å². The van der Waals surface area contributed by atoms with Gasteiger partial charge in [0.2, 0.25) is 0 Å². The molecule has 14 heavy (non-hydrogen) atoms. The molecule has 1 aromatic carbocycles. The van der Waals surface area contributed by atoms with E-state index in [1.54, 1.807) is 12.1 Å². The number of aromatic hydroxyl groups is 1. The van der Waals surface area contributed by atoms with E-state index in [0.717, 1.165) is 0 Å². The molecule has 4 N–H and O–H groups in total. The number of para-hydroxylation sites is 1. The molecule has 0 aliphatic heterocycles. The van der Waals surface area contributed by atoms with E-state index in [1.807, 2.05) is 6.07 Å². The summed E-state index contributed by atoms with van der Waals surface area (Å²) >= 11 is 0. The molecule has 1 rings (SSSR count). The fraction of sp³-hybridized carbons (Fsp3) is 0.300. The van der Waals surface area contributed by atoms with Crippen LogP contribution < -0.4 is 5.73 Å². The second-order valence-corrected chi connectivity index (χ2v) is 3.12. The molecule has 0 spiro atoms. The number of nitrogens with two attached hydrogens (primary N) is 1. The predicted molar refractivity (Wildman–Crippen MR) is 51.4 cm³/mol. The molecule has 4 nitrogen and oxygen atoms in total. The number of phenolic OH excluding ortho intramolecular Hbond substituents is 1. The first kappa shape index (κ1) is 10.5. The minimum absolute atomic E-state index is 0.150. The van der Waals surface area contributed by atoms with E-state index in [4.69, 9.17) is 11.0 Å². The fourth-order valence-electron chi connectivity index (χ4n) is 1.18. The second kappa shape index (κ2) is 4.09. The number of aliphatic hydroxyl groups excluding tert-OH is 1. The van der Waals surface area contributed by atoms with E-state index in [2.05, 4.69) is 0 Å². The van der Waals surface area contributed by atoms with Crippen LogP contribution in [0.4, 0.5) is 0 Å². The Kier molecular flexibility index (Phi) is 3.07. The van der Waals surface area contributed by atoms with Crippen molar-refractivity contribution in [1.29, 1.82) is 5.26 Å². The van der Waals surface area contributed by atoms with Gasteiger partial charge in [-0.3, -0.25) is 0 Å². The Balaban J connectivity index is 3.17. The van der Waals surface area contributed by atoms with Gasteiger partial charge in [0.25, 0.3) is 0 Å². The summed E-state index contributed by atoms with van der Waals surface area (Å²) in [6.07, 6.45) is -0.769. The van der Waals surface area contributed by atoms with Crippen molar-refractivity contribution in [2.75, 3.05) is 0 Å². The maximum absolute atomic E-state index is 9.59. The van der Waals surface area contributed by atoms with Gasteiger partial charge in [-0.1, -0.05) is 12.1 Å². The van der Waals surface area contributed by atoms with Gasteiger partial charge in [0.1, 0.15) is 11.8 Å². The van der Waals surface area contributed by atoms with Crippen LogP contribution in [0.25, 0.3) is 0 Å². The third kappa shape index (κ3) is 1.84. The average Bonchev–Trinajstić information content (AvgIpc) is 2.17. The molecule has 0 saturated heterocycles. The van der Waals surface area contributed by atoms with Crippen molar-refractivity contribution < 1.29 is 10.2 Å². The largest absolute Gasteiger partial charge is 0.506 e. The summed E-state index contributed by atoms with van der Waals surface area (Å²) in [4.78, 5) is 0. The number of hydrogen-bond acceptors (Lipinski definition) is 4. The molecule has 0 unspecified atom stereocenters. The van der Waals surface area contributed by atoms with E-state index < -0.39 is 12.1 Å². The van der Waals surface area contributed by atoms with Crippen LogP contribution in [-0.2, 0) is 0 Å². The summed E-state index contributed by atoms with van der Waals surface area (Å²) in [6.45, 7) is 1.53. The Hall–Kier alpha value is -1.57. The van der Waals surface area contributed by atoms with Crippen LogP contribution in [0.3, 0.4) is 0 Å². The highest BCUT2D eigenvalue weighted by molar-refractivity contribution is 5.48. The standard InChI is InChI=1S/C10H12N2O2/c1-6(13)9(12)8-4-2-3-7(5-11)10(8)14/h2-4,6,9,13-14H,12H2,1H3/t6-,9-/m1/s1. The molecule has 0 aliphatic carbocycles. The summed E-state index contributed by atoms with van der Waals surface area (Å²) in [5.74, 6) is -0.150. The van der Waals surface area contributed by atoms with Crippen molar-refractivity contribution in [2.45, 2.75) is 19.1 Å². The van der Waals surface area contributed by atoms with E-state index in [-0.39, 0.29) is 11.3 Å². The van der Waals surface area contributed by atoms with E-state index in [9.17, 15) is 10.2 Å². The van der Waals surface area contributed by atoms with Gasteiger partial charge in [-0.25, -0.2) is 0 Å². The number of hydrogen-bond donors (Lipinski definition) is 3. The lowest BCUT2D eigenvalue weighted by Crippen LogP contribution is -2.23. The van der Waals surface area contributed by atoms with Crippen LogP contribution in [0.1, 0.15) is 24.1 Å². The highest BCUT2D eigenvalue weighted by atomic mass is 16.3. The van der Waals surface area contributed by atoms with Gasteiger partial charge in [0, 0.05) is 5.56 Å². The van der Waals surface area contributed by atoms with Gasteiger partial charge < -0.3 is 15.9 Å². The SMILES string of the molecule is C[C@@H](O)[C@@H](N)c1cccc(C#N)c1O. The molecular weight excluding hydrogens is 180 g/mol. The maximum Gasteiger partial charge on any atom is 0.138 e. The first-order valence-corrected chi connectivity index (χ1v) is 4.23. The number of phenols is 1. The zero-order valence-electron chi connectivity index (χ0n) is 7.81. The van der Waals surface area contributed by atoms with Gasteiger partial charge in [0.05, 0.1) is 17.7 Å². The molecule has 0 bridgehead atoms. The summed E-state index contributed by atoms with van der Waals surface area (Å²) in [5, 5.41) is 27.5. The predicted octanol–water partition coefficient (Wildman–Crippen LogP) is 0.644. The lowest BCUT2D eigenvalue weighted by molar-refractivity contribution is 0.163. The number of aliphatic hydroxyl groups is 1.